The number of aromatic nitrogens is 2. The summed E-state index contributed by atoms with van der Waals surface area (Å²) >= 11 is 5.06. The zero-order valence-electron chi connectivity index (χ0n) is 11.2. The van der Waals surface area contributed by atoms with Gasteiger partial charge in [0.15, 0.2) is 0 Å². The van der Waals surface area contributed by atoms with Crippen LogP contribution in [0.5, 0.6) is 0 Å². The first kappa shape index (κ1) is 13.5. The van der Waals surface area contributed by atoms with Crippen LogP contribution in [-0.4, -0.2) is 32.8 Å². The van der Waals surface area contributed by atoms with Crippen molar-refractivity contribution < 1.29 is 0 Å². The van der Waals surface area contributed by atoms with Gasteiger partial charge in [-0.2, -0.15) is 5.10 Å². The summed E-state index contributed by atoms with van der Waals surface area (Å²) in [6.45, 7) is 7.35. The Labute approximate surface area is 114 Å². The van der Waals surface area contributed by atoms with Crippen LogP contribution in [0, 0.1) is 5.92 Å². The zero-order chi connectivity index (χ0) is 13.1. The summed E-state index contributed by atoms with van der Waals surface area (Å²) < 4.78 is 2.01. The van der Waals surface area contributed by atoms with Crippen molar-refractivity contribution in [3.63, 3.8) is 0 Å². The van der Waals surface area contributed by atoms with Crippen molar-refractivity contribution in [3.05, 3.63) is 18.0 Å². The summed E-state index contributed by atoms with van der Waals surface area (Å²) in [5.74, 6) is 0.435. The maximum Gasteiger partial charge on any atom is 0.0764 e. The number of nitrogens with zero attached hydrogens (tertiary/aromatic N) is 3. The summed E-state index contributed by atoms with van der Waals surface area (Å²) in [4.78, 5) is 3.11. The second-order valence-electron chi connectivity index (χ2n) is 5.33. The number of hydrogen-bond donors (Lipinski definition) is 1. The van der Waals surface area contributed by atoms with Gasteiger partial charge in [0.05, 0.1) is 10.7 Å². The van der Waals surface area contributed by atoms with Gasteiger partial charge in [0.1, 0.15) is 0 Å². The van der Waals surface area contributed by atoms with Crippen LogP contribution in [0.1, 0.15) is 38.4 Å². The minimum Gasteiger partial charge on any atom is -0.393 e. The molecule has 4 nitrogen and oxygen atoms in total. The van der Waals surface area contributed by atoms with Crippen LogP contribution in [0.15, 0.2) is 12.3 Å². The van der Waals surface area contributed by atoms with Gasteiger partial charge in [-0.3, -0.25) is 9.58 Å². The number of piperidine rings is 1. The van der Waals surface area contributed by atoms with Gasteiger partial charge in [0.2, 0.25) is 0 Å². The monoisotopic (exact) mass is 266 g/mol. The molecule has 0 amide bonds. The van der Waals surface area contributed by atoms with Gasteiger partial charge >= 0.3 is 0 Å². The molecule has 1 aliphatic heterocycles. The first-order valence-electron chi connectivity index (χ1n) is 6.62. The average molecular weight is 266 g/mol. The first-order valence-corrected chi connectivity index (χ1v) is 7.03. The van der Waals surface area contributed by atoms with Crippen LogP contribution in [0.4, 0.5) is 0 Å². The summed E-state index contributed by atoms with van der Waals surface area (Å²) in [5, 5.41) is 4.58. The second-order valence-corrected chi connectivity index (χ2v) is 5.81. The lowest BCUT2D eigenvalue weighted by Gasteiger charge is -2.30. The predicted octanol–water partition coefficient (Wildman–Crippen LogP) is 1.96. The quantitative estimate of drug-likeness (QED) is 0.846. The van der Waals surface area contributed by atoms with E-state index >= 15 is 0 Å². The molecule has 0 saturated carbocycles. The fourth-order valence-electron chi connectivity index (χ4n) is 2.35. The molecule has 0 atom stereocenters. The average Bonchev–Trinajstić information content (AvgIpc) is 2.78. The van der Waals surface area contributed by atoms with Crippen molar-refractivity contribution in [3.8, 4) is 0 Å². The summed E-state index contributed by atoms with van der Waals surface area (Å²) in [7, 11) is 0. The van der Waals surface area contributed by atoms with Gasteiger partial charge in [0.25, 0.3) is 0 Å². The van der Waals surface area contributed by atoms with E-state index < -0.39 is 0 Å². The molecule has 1 aromatic heterocycles. The normalized spacial score (nSPS) is 18.4. The SMILES string of the molecule is CC(C)n1ccc(CN2CCC(C(N)=S)CC2)n1. The Balaban J connectivity index is 1.85. The molecule has 1 fully saturated rings. The van der Waals surface area contributed by atoms with Crippen LogP contribution in [0.3, 0.4) is 0 Å². The molecular weight excluding hydrogens is 244 g/mol. The minimum atomic E-state index is 0.430. The molecule has 0 aromatic carbocycles. The second kappa shape index (κ2) is 5.80. The van der Waals surface area contributed by atoms with E-state index in [1.54, 1.807) is 0 Å². The maximum atomic E-state index is 5.70. The van der Waals surface area contributed by atoms with E-state index in [1.807, 2.05) is 4.68 Å². The topological polar surface area (TPSA) is 47.1 Å². The number of nitrogens with two attached hydrogens (primary N) is 1. The molecule has 1 aromatic rings. The van der Waals surface area contributed by atoms with E-state index in [0.717, 1.165) is 38.2 Å². The van der Waals surface area contributed by atoms with Crippen molar-refractivity contribution in [1.29, 1.82) is 0 Å². The highest BCUT2D eigenvalue weighted by molar-refractivity contribution is 7.80. The van der Waals surface area contributed by atoms with E-state index in [2.05, 4.69) is 36.1 Å². The van der Waals surface area contributed by atoms with Crippen LogP contribution >= 0.6 is 12.2 Å². The van der Waals surface area contributed by atoms with Crippen molar-refractivity contribution in [1.82, 2.24) is 14.7 Å². The van der Waals surface area contributed by atoms with Crippen molar-refractivity contribution >= 4 is 17.2 Å². The predicted molar refractivity (Wildman–Crippen MR) is 77.4 cm³/mol. The van der Waals surface area contributed by atoms with Crippen LogP contribution in [0.2, 0.25) is 0 Å². The highest BCUT2D eigenvalue weighted by Crippen LogP contribution is 2.19. The largest absolute Gasteiger partial charge is 0.393 e. The number of likely N-dealkylation sites (tertiary alicyclic amines) is 1. The third-order valence-corrected chi connectivity index (χ3v) is 3.90. The highest BCUT2D eigenvalue weighted by atomic mass is 32.1. The Morgan fingerprint density at radius 1 is 1.50 bits per heavy atom. The van der Waals surface area contributed by atoms with Gasteiger partial charge in [-0.05, 0) is 45.8 Å². The number of rotatable bonds is 4. The third kappa shape index (κ3) is 3.29. The Bertz CT molecular complexity index is 405. The number of hydrogen-bond acceptors (Lipinski definition) is 3. The fraction of sp³-hybridized carbons (Fsp3) is 0.692. The van der Waals surface area contributed by atoms with Gasteiger partial charge in [-0.25, -0.2) is 0 Å². The molecule has 1 saturated heterocycles. The van der Waals surface area contributed by atoms with Gasteiger partial charge < -0.3 is 5.73 Å². The number of thiocarbonyl (C=S) groups is 1. The molecular formula is C13H22N4S. The summed E-state index contributed by atoms with van der Waals surface area (Å²) in [6.07, 6.45) is 4.22. The van der Waals surface area contributed by atoms with E-state index in [4.69, 9.17) is 18.0 Å². The Hall–Kier alpha value is -0.940. The van der Waals surface area contributed by atoms with E-state index in [-0.39, 0.29) is 0 Å². The minimum absolute atomic E-state index is 0.430. The van der Waals surface area contributed by atoms with Gasteiger partial charge in [-0.1, -0.05) is 12.2 Å². The molecule has 18 heavy (non-hydrogen) atoms. The Kier molecular flexibility index (Phi) is 4.35. The first-order chi connectivity index (χ1) is 8.56. The molecule has 0 bridgehead atoms. The Morgan fingerprint density at radius 2 is 2.17 bits per heavy atom. The standard InChI is InChI=1S/C13H22N4S/c1-10(2)17-8-5-12(15-17)9-16-6-3-11(4-7-16)13(14)18/h5,8,10-11H,3-4,6-7,9H2,1-2H3,(H2,14,18). The van der Waals surface area contributed by atoms with Crippen molar-refractivity contribution in [2.45, 2.75) is 39.3 Å². The zero-order valence-corrected chi connectivity index (χ0v) is 12.0. The third-order valence-electron chi connectivity index (χ3n) is 3.57. The molecule has 100 valence electrons. The maximum absolute atomic E-state index is 5.70. The molecule has 0 aliphatic carbocycles. The molecule has 1 aliphatic rings. The lowest BCUT2D eigenvalue weighted by Crippen LogP contribution is -2.37. The molecule has 5 heteroatoms. The molecule has 0 spiro atoms. The smallest absolute Gasteiger partial charge is 0.0764 e. The molecule has 0 radical (unpaired) electrons. The summed E-state index contributed by atoms with van der Waals surface area (Å²) in [6, 6.07) is 2.54. The summed E-state index contributed by atoms with van der Waals surface area (Å²) in [5.41, 5.74) is 6.85. The molecule has 2 N–H and O–H groups in total. The van der Waals surface area contributed by atoms with Gasteiger partial charge in [-0.15, -0.1) is 0 Å². The molecule has 2 rings (SSSR count). The van der Waals surface area contributed by atoms with Crippen molar-refractivity contribution in [2.75, 3.05) is 13.1 Å². The van der Waals surface area contributed by atoms with E-state index in [9.17, 15) is 0 Å². The van der Waals surface area contributed by atoms with Gasteiger partial charge in [0, 0.05) is 24.7 Å². The van der Waals surface area contributed by atoms with Crippen LogP contribution in [-0.2, 0) is 6.54 Å². The van der Waals surface area contributed by atoms with Crippen molar-refractivity contribution in [2.24, 2.45) is 11.7 Å². The van der Waals surface area contributed by atoms with E-state index in [0.29, 0.717) is 16.9 Å². The lowest BCUT2D eigenvalue weighted by molar-refractivity contribution is 0.199. The van der Waals surface area contributed by atoms with E-state index in [1.165, 1.54) is 0 Å². The Morgan fingerprint density at radius 3 is 2.67 bits per heavy atom. The van der Waals surface area contributed by atoms with Crippen LogP contribution in [0.25, 0.3) is 0 Å². The molecule has 2 heterocycles. The lowest BCUT2D eigenvalue weighted by atomic mass is 9.97. The molecule has 0 unspecified atom stereocenters. The van der Waals surface area contributed by atoms with Crippen LogP contribution < -0.4 is 5.73 Å². The fourth-order valence-corrected chi connectivity index (χ4v) is 2.59. The highest BCUT2D eigenvalue weighted by Gasteiger charge is 2.21.